The van der Waals surface area contributed by atoms with Gasteiger partial charge in [-0.25, -0.2) is 9.59 Å². The van der Waals surface area contributed by atoms with Crippen LogP contribution < -0.4 is 10.6 Å². The molecule has 124 valence electrons. The van der Waals surface area contributed by atoms with E-state index in [0.717, 1.165) is 0 Å². The Morgan fingerprint density at radius 2 is 2.09 bits per heavy atom. The topological polar surface area (TPSA) is 87.7 Å². The van der Waals surface area contributed by atoms with E-state index in [2.05, 4.69) is 15.4 Å². The fourth-order valence-electron chi connectivity index (χ4n) is 2.41. The molecule has 3 amide bonds. The lowest BCUT2D eigenvalue weighted by atomic mass is 10.2. The second-order valence-electron chi connectivity index (χ2n) is 5.25. The number of carbonyl (C=O) groups is 3. The van der Waals surface area contributed by atoms with Crippen LogP contribution in [-0.2, 0) is 9.53 Å². The number of benzene rings is 1. The standard InChI is InChI=1S/C15H18ClN3O4/c1-9(20)17-11-5-6-19(8-11)15(22)18-13-4-3-10(7-12(13)16)14(21)23-2/h3-4,7,11H,5-6,8H2,1-2H3,(H,17,20)(H,18,22)/t11-/m1/s1. The first-order valence-electron chi connectivity index (χ1n) is 7.11. The third-order valence-corrected chi connectivity index (χ3v) is 3.83. The second kappa shape index (κ2) is 7.32. The molecule has 2 N–H and O–H groups in total. The fourth-order valence-corrected chi connectivity index (χ4v) is 2.63. The molecule has 1 aliphatic rings. The van der Waals surface area contributed by atoms with Gasteiger partial charge in [0.2, 0.25) is 5.91 Å². The van der Waals surface area contributed by atoms with Gasteiger partial charge in [-0.2, -0.15) is 0 Å². The maximum Gasteiger partial charge on any atom is 0.337 e. The molecule has 0 spiro atoms. The Hall–Kier alpha value is -2.28. The summed E-state index contributed by atoms with van der Waals surface area (Å²) in [6.07, 6.45) is 0.710. The molecule has 0 unspecified atom stereocenters. The van der Waals surface area contributed by atoms with E-state index in [9.17, 15) is 14.4 Å². The van der Waals surface area contributed by atoms with Gasteiger partial charge in [0.25, 0.3) is 0 Å². The average molecular weight is 340 g/mol. The summed E-state index contributed by atoms with van der Waals surface area (Å²) >= 11 is 6.08. The van der Waals surface area contributed by atoms with Crippen molar-refractivity contribution in [3.63, 3.8) is 0 Å². The van der Waals surface area contributed by atoms with Gasteiger partial charge in [-0.3, -0.25) is 4.79 Å². The molecule has 1 fully saturated rings. The van der Waals surface area contributed by atoms with E-state index < -0.39 is 5.97 Å². The van der Waals surface area contributed by atoms with Crippen LogP contribution in [0.1, 0.15) is 23.7 Å². The highest BCUT2D eigenvalue weighted by Gasteiger charge is 2.27. The Labute approximate surface area is 138 Å². The van der Waals surface area contributed by atoms with Crippen molar-refractivity contribution in [3.8, 4) is 0 Å². The molecule has 1 heterocycles. The Bertz CT molecular complexity index is 635. The first-order chi connectivity index (χ1) is 10.9. The number of amides is 3. The number of methoxy groups -OCH3 is 1. The molecule has 23 heavy (non-hydrogen) atoms. The van der Waals surface area contributed by atoms with E-state index in [4.69, 9.17) is 11.6 Å². The van der Waals surface area contributed by atoms with Crippen molar-refractivity contribution < 1.29 is 19.1 Å². The summed E-state index contributed by atoms with van der Waals surface area (Å²) in [6, 6.07) is 4.18. The van der Waals surface area contributed by atoms with Crippen LogP contribution in [-0.4, -0.2) is 49.0 Å². The van der Waals surface area contributed by atoms with E-state index >= 15 is 0 Å². The summed E-state index contributed by atoms with van der Waals surface area (Å²) in [5.41, 5.74) is 0.717. The lowest BCUT2D eigenvalue weighted by Gasteiger charge is -2.18. The summed E-state index contributed by atoms with van der Waals surface area (Å²) < 4.78 is 4.61. The van der Waals surface area contributed by atoms with Crippen LogP contribution in [0.15, 0.2) is 18.2 Å². The van der Waals surface area contributed by atoms with Crippen molar-refractivity contribution in [2.24, 2.45) is 0 Å². The van der Waals surface area contributed by atoms with Crippen LogP contribution >= 0.6 is 11.6 Å². The smallest absolute Gasteiger partial charge is 0.337 e. The first-order valence-corrected chi connectivity index (χ1v) is 7.49. The van der Waals surface area contributed by atoms with Gasteiger partial charge in [-0.1, -0.05) is 11.6 Å². The molecule has 2 rings (SSSR count). The number of nitrogens with one attached hydrogen (secondary N) is 2. The highest BCUT2D eigenvalue weighted by molar-refractivity contribution is 6.34. The maximum atomic E-state index is 12.2. The zero-order chi connectivity index (χ0) is 17.0. The summed E-state index contributed by atoms with van der Waals surface area (Å²) in [7, 11) is 1.28. The molecule has 7 nitrogen and oxygen atoms in total. The van der Waals surface area contributed by atoms with Crippen molar-refractivity contribution in [2.75, 3.05) is 25.5 Å². The largest absolute Gasteiger partial charge is 0.465 e. The second-order valence-corrected chi connectivity index (χ2v) is 5.66. The highest BCUT2D eigenvalue weighted by atomic mass is 35.5. The van der Waals surface area contributed by atoms with Crippen molar-refractivity contribution in [3.05, 3.63) is 28.8 Å². The van der Waals surface area contributed by atoms with Gasteiger partial charge in [0.1, 0.15) is 0 Å². The number of urea groups is 1. The van der Waals surface area contributed by atoms with E-state index in [1.807, 2.05) is 0 Å². The Kier molecular flexibility index (Phi) is 5.44. The third kappa shape index (κ3) is 4.35. The van der Waals surface area contributed by atoms with Crippen LogP contribution in [0.5, 0.6) is 0 Å². The van der Waals surface area contributed by atoms with Gasteiger partial charge in [0.05, 0.1) is 23.4 Å². The number of esters is 1. The fraction of sp³-hybridized carbons (Fsp3) is 0.400. The van der Waals surface area contributed by atoms with Gasteiger partial charge in [0.15, 0.2) is 0 Å². The molecular formula is C15H18ClN3O4. The number of hydrogen-bond donors (Lipinski definition) is 2. The number of anilines is 1. The summed E-state index contributed by atoms with van der Waals surface area (Å²) in [5.74, 6) is -0.610. The number of ether oxygens (including phenoxy) is 1. The minimum Gasteiger partial charge on any atom is -0.465 e. The molecule has 0 saturated carbocycles. The molecule has 0 aromatic heterocycles. The predicted molar refractivity (Wildman–Crippen MR) is 85.6 cm³/mol. The molecule has 0 bridgehead atoms. The average Bonchev–Trinajstić information content (AvgIpc) is 2.96. The van der Waals surface area contributed by atoms with Crippen LogP contribution in [0.25, 0.3) is 0 Å². The van der Waals surface area contributed by atoms with Crippen molar-refractivity contribution >= 4 is 35.2 Å². The van der Waals surface area contributed by atoms with Crippen molar-refractivity contribution in [1.82, 2.24) is 10.2 Å². The SMILES string of the molecule is COC(=O)c1ccc(NC(=O)N2CC[C@@H](NC(C)=O)C2)c(Cl)c1. The highest BCUT2D eigenvalue weighted by Crippen LogP contribution is 2.24. The number of nitrogens with zero attached hydrogens (tertiary/aromatic N) is 1. The number of hydrogen-bond acceptors (Lipinski definition) is 4. The monoisotopic (exact) mass is 339 g/mol. The van der Waals surface area contributed by atoms with Gasteiger partial charge in [0, 0.05) is 26.1 Å². The van der Waals surface area contributed by atoms with Gasteiger partial charge < -0.3 is 20.3 Å². The zero-order valence-corrected chi connectivity index (χ0v) is 13.6. The molecule has 0 radical (unpaired) electrons. The summed E-state index contributed by atoms with van der Waals surface area (Å²) in [4.78, 5) is 36.3. The quantitative estimate of drug-likeness (QED) is 0.823. The summed E-state index contributed by atoms with van der Waals surface area (Å²) in [5, 5.41) is 5.74. The predicted octanol–water partition coefficient (Wildman–Crippen LogP) is 1.87. The summed E-state index contributed by atoms with van der Waals surface area (Å²) in [6.45, 7) is 2.45. The molecule has 1 saturated heterocycles. The molecule has 1 aromatic carbocycles. The Morgan fingerprint density at radius 3 is 2.70 bits per heavy atom. The Balaban J connectivity index is 1.98. The maximum absolute atomic E-state index is 12.2. The molecule has 8 heteroatoms. The normalized spacial score (nSPS) is 16.8. The van der Waals surface area contributed by atoms with Gasteiger partial charge >= 0.3 is 12.0 Å². The van der Waals surface area contributed by atoms with E-state index in [0.29, 0.717) is 30.8 Å². The molecule has 1 aromatic rings. The van der Waals surface area contributed by atoms with Crippen LogP contribution in [0, 0.1) is 0 Å². The molecular weight excluding hydrogens is 322 g/mol. The lowest BCUT2D eigenvalue weighted by Crippen LogP contribution is -2.38. The van der Waals surface area contributed by atoms with E-state index in [-0.39, 0.29) is 23.0 Å². The number of halogens is 1. The Morgan fingerprint density at radius 1 is 1.35 bits per heavy atom. The first kappa shape index (κ1) is 17.1. The lowest BCUT2D eigenvalue weighted by molar-refractivity contribution is -0.119. The number of carbonyl (C=O) groups excluding carboxylic acids is 3. The number of rotatable bonds is 3. The van der Waals surface area contributed by atoms with Gasteiger partial charge in [-0.05, 0) is 24.6 Å². The van der Waals surface area contributed by atoms with Crippen molar-refractivity contribution in [2.45, 2.75) is 19.4 Å². The third-order valence-electron chi connectivity index (χ3n) is 3.51. The molecule has 0 aliphatic carbocycles. The molecule has 1 aliphatic heterocycles. The van der Waals surface area contributed by atoms with Crippen molar-refractivity contribution in [1.29, 1.82) is 0 Å². The minimum atomic E-state index is -0.498. The van der Waals surface area contributed by atoms with Gasteiger partial charge in [-0.15, -0.1) is 0 Å². The van der Waals surface area contributed by atoms with Crippen LogP contribution in [0.2, 0.25) is 5.02 Å². The van der Waals surface area contributed by atoms with Crippen LogP contribution in [0.3, 0.4) is 0 Å². The van der Waals surface area contributed by atoms with Crippen LogP contribution in [0.4, 0.5) is 10.5 Å². The zero-order valence-electron chi connectivity index (χ0n) is 12.9. The molecule has 1 atom stereocenters. The number of likely N-dealkylation sites (tertiary alicyclic amines) is 1. The van der Waals surface area contributed by atoms with E-state index in [1.54, 1.807) is 11.0 Å². The van der Waals surface area contributed by atoms with E-state index in [1.165, 1.54) is 26.2 Å². The minimum absolute atomic E-state index is 0.0320.